The van der Waals surface area contributed by atoms with E-state index in [2.05, 4.69) is 26.3 Å². The molecule has 0 aliphatic rings. The lowest BCUT2D eigenvalue weighted by molar-refractivity contribution is -0.104. The second kappa shape index (κ2) is 7.23. The van der Waals surface area contributed by atoms with Crippen LogP contribution in [0.1, 0.15) is 13.3 Å². The minimum absolute atomic E-state index is 0.218. The summed E-state index contributed by atoms with van der Waals surface area (Å²) in [5.41, 5.74) is 8.31. The number of hydrogen-bond donors (Lipinski definition) is 1. The van der Waals surface area contributed by atoms with Crippen LogP contribution in [0.3, 0.4) is 0 Å². The number of carbonyl (C=O) groups excluding carboxylic acids is 1. The van der Waals surface area contributed by atoms with Gasteiger partial charge in [-0.05, 0) is 23.6 Å². The Hall–Kier alpha value is -2.09. The summed E-state index contributed by atoms with van der Waals surface area (Å²) >= 11 is 0. The molecule has 0 fully saturated rings. The summed E-state index contributed by atoms with van der Waals surface area (Å²) in [7, 11) is 0. The van der Waals surface area contributed by atoms with Crippen molar-refractivity contribution in [3.05, 3.63) is 72.5 Å². The molecule has 0 atom stereocenters. The largest absolute Gasteiger partial charge is 0.399 e. The molecule has 0 unspecified atom stereocenters. The van der Waals surface area contributed by atoms with Crippen LogP contribution in [0, 0.1) is 0 Å². The van der Waals surface area contributed by atoms with Gasteiger partial charge in [0.2, 0.25) is 0 Å². The lowest BCUT2D eigenvalue weighted by Crippen LogP contribution is -2.00. The maximum absolute atomic E-state index is 10.7. The van der Waals surface area contributed by atoms with Gasteiger partial charge in [-0.3, -0.25) is 4.79 Å². The van der Waals surface area contributed by atoms with Gasteiger partial charge in [0.1, 0.15) is 0 Å². The smallest absolute Gasteiger partial charge is 0.152 e. The molecular formula is C15H19NO. The van der Waals surface area contributed by atoms with Crippen molar-refractivity contribution in [2.24, 2.45) is 5.73 Å². The molecule has 0 aromatic carbocycles. The standard InChI is InChI=1S/C15H19NO/c1-6-11(2)7-8-12(3)13(4)9-15(10-17)14(5)16/h7-10H,2-6,16H2,1H3/b8-7-,15-9-. The monoisotopic (exact) mass is 229 g/mol. The highest BCUT2D eigenvalue weighted by atomic mass is 16.1. The first kappa shape index (κ1) is 14.9. The van der Waals surface area contributed by atoms with Crippen molar-refractivity contribution in [1.82, 2.24) is 0 Å². The maximum Gasteiger partial charge on any atom is 0.152 e. The molecule has 0 rings (SSSR count). The lowest BCUT2D eigenvalue weighted by Gasteiger charge is -2.02. The van der Waals surface area contributed by atoms with Crippen LogP contribution in [-0.2, 0) is 4.79 Å². The first-order chi connectivity index (χ1) is 7.92. The van der Waals surface area contributed by atoms with Crippen molar-refractivity contribution in [3.63, 3.8) is 0 Å². The molecule has 0 spiro atoms. The minimum Gasteiger partial charge on any atom is -0.399 e. The van der Waals surface area contributed by atoms with Crippen LogP contribution >= 0.6 is 0 Å². The molecule has 0 bridgehead atoms. The number of aldehydes is 1. The molecule has 90 valence electrons. The van der Waals surface area contributed by atoms with Gasteiger partial charge in [0.05, 0.1) is 0 Å². The molecule has 0 saturated heterocycles. The Kier molecular flexibility index (Phi) is 6.34. The highest BCUT2D eigenvalue weighted by Crippen LogP contribution is 2.13. The van der Waals surface area contributed by atoms with Crippen LogP contribution in [0.25, 0.3) is 0 Å². The zero-order chi connectivity index (χ0) is 13.4. The molecule has 2 N–H and O–H groups in total. The quantitative estimate of drug-likeness (QED) is 0.414. The first-order valence-electron chi connectivity index (χ1n) is 5.28. The molecule has 2 nitrogen and oxygen atoms in total. The molecule has 0 saturated carbocycles. The molecular weight excluding hydrogens is 210 g/mol. The highest BCUT2D eigenvalue weighted by Gasteiger charge is 1.99. The van der Waals surface area contributed by atoms with Crippen LogP contribution in [0.15, 0.2) is 72.5 Å². The van der Waals surface area contributed by atoms with Gasteiger partial charge in [-0.15, -0.1) is 0 Å². The lowest BCUT2D eigenvalue weighted by atomic mass is 10.0. The van der Waals surface area contributed by atoms with Crippen LogP contribution in [0.2, 0.25) is 0 Å². The summed E-state index contributed by atoms with van der Waals surface area (Å²) in [4.78, 5) is 10.7. The third-order valence-electron chi connectivity index (χ3n) is 2.21. The minimum atomic E-state index is 0.218. The Bertz CT molecular complexity index is 422. The highest BCUT2D eigenvalue weighted by molar-refractivity contribution is 5.80. The Morgan fingerprint density at radius 3 is 2.12 bits per heavy atom. The van der Waals surface area contributed by atoms with Gasteiger partial charge >= 0.3 is 0 Å². The van der Waals surface area contributed by atoms with Gasteiger partial charge in [0, 0.05) is 11.3 Å². The van der Waals surface area contributed by atoms with E-state index in [9.17, 15) is 4.79 Å². The van der Waals surface area contributed by atoms with Crippen molar-refractivity contribution in [2.75, 3.05) is 0 Å². The van der Waals surface area contributed by atoms with E-state index in [1.807, 2.05) is 19.1 Å². The van der Waals surface area contributed by atoms with E-state index in [1.54, 1.807) is 6.08 Å². The normalized spacial score (nSPS) is 11.2. The van der Waals surface area contributed by atoms with Crippen LogP contribution in [0.5, 0.6) is 0 Å². The summed E-state index contributed by atoms with van der Waals surface area (Å²) in [6.07, 6.45) is 6.78. The van der Waals surface area contributed by atoms with E-state index in [0.717, 1.165) is 12.0 Å². The Morgan fingerprint density at radius 2 is 1.71 bits per heavy atom. The molecule has 0 amide bonds. The fourth-order valence-corrected chi connectivity index (χ4v) is 0.926. The molecule has 0 aromatic heterocycles. The fourth-order valence-electron chi connectivity index (χ4n) is 0.926. The summed E-state index contributed by atoms with van der Waals surface area (Å²) in [6, 6.07) is 0. The zero-order valence-corrected chi connectivity index (χ0v) is 10.3. The van der Waals surface area contributed by atoms with E-state index in [4.69, 9.17) is 5.73 Å². The number of rotatable bonds is 7. The number of allylic oxidation sites excluding steroid dienone is 7. The summed E-state index contributed by atoms with van der Waals surface area (Å²) < 4.78 is 0. The topological polar surface area (TPSA) is 43.1 Å². The van der Waals surface area contributed by atoms with Crippen molar-refractivity contribution in [2.45, 2.75) is 13.3 Å². The average Bonchev–Trinajstić information content (AvgIpc) is 2.31. The molecule has 0 aromatic rings. The Balaban J connectivity index is 4.79. The maximum atomic E-state index is 10.7. The zero-order valence-electron chi connectivity index (χ0n) is 10.3. The van der Waals surface area contributed by atoms with Gasteiger partial charge in [0.25, 0.3) is 0 Å². The van der Waals surface area contributed by atoms with Crippen molar-refractivity contribution in [3.8, 4) is 0 Å². The average molecular weight is 229 g/mol. The fraction of sp³-hybridized carbons (Fsp3) is 0.133. The SMILES string of the molecule is C=C(/C=C\C(=C)C(=C)/C=C(/C=O)C(=C)N)CC. The molecule has 2 heteroatoms. The second-order valence-corrected chi connectivity index (χ2v) is 3.64. The van der Waals surface area contributed by atoms with Crippen LogP contribution in [-0.4, -0.2) is 6.29 Å². The van der Waals surface area contributed by atoms with E-state index in [-0.39, 0.29) is 5.70 Å². The van der Waals surface area contributed by atoms with E-state index < -0.39 is 0 Å². The van der Waals surface area contributed by atoms with Crippen molar-refractivity contribution < 1.29 is 4.79 Å². The molecule has 17 heavy (non-hydrogen) atoms. The number of hydrogen-bond acceptors (Lipinski definition) is 2. The second-order valence-electron chi connectivity index (χ2n) is 3.64. The predicted octanol–water partition coefficient (Wildman–Crippen LogP) is 3.22. The molecule has 0 heterocycles. The van der Waals surface area contributed by atoms with E-state index in [1.165, 1.54) is 0 Å². The van der Waals surface area contributed by atoms with Gasteiger partial charge in [-0.2, -0.15) is 0 Å². The van der Waals surface area contributed by atoms with Crippen molar-refractivity contribution in [1.29, 1.82) is 0 Å². The Labute approximate surface area is 103 Å². The van der Waals surface area contributed by atoms with Gasteiger partial charge in [-0.1, -0.05) is 51.0 Å². The van der Waals surface area contributed by atoms with Gasteiger partial charge in [-0.25, -0.2) is 0 Å². The van der Waals surface area contributed by atoms with E-state index in [0.29, 0.717) is 23.0 Å². The van der Waals surface area contributed by atoms with E-state index >= 15 is 0 Å². The third kappa shape index (κ3) is 5.52. The summed E-state index contributed by atoms with van der Waals surface area (Å²) in [5.74, 6) is 0. The summed E-state index contributed by atoms with van der Waals surface area (Å²) in [5, 5.41) is 0. The molecule has 0 aliphatic carbocycles. The number of nitrogens with two attached hydrogens (primary N) is 1. The van der Waals surface area contributed by atoms with Crippen LogP contribution in [0.4, 0.5) is 0 Å². The van der Waals surface area contributed by atoms with Crippen LogP contribution < -0.4 is 5.73 Å². The van der Waals surface area contributed by atoms with Gasteiger partial charge in [0.15, 0.2) is 6.29 Å². The molecule has 0 aliphatic heterocycles. The molecule has 0 radical (unpaired) electrons. The Morgan fingerprint density at radius 1 is 1.12 bits per heavy atom. The predicted molar refractivity (Wildman–Crippen MR) is 74.3 cm³/mol. The summed E-state index contributed by atoms with van der Waals surface area (Å²) in [6.45, 7) is 17.0. The third-order valence-corrected chi connectivity index (χ3v) is 2.21. The number of carbonyl (C=O) groups is 1. The first-order valence-corrected chi connectivity index (χ1v) is 5.28. The van der Waals surface area contributed by atoms with Gasteiger partial charge < -0.3 is 5.73 Å². The van der Waals surface area contributed by atoms with Crippen molar-refractivity contribution >= 4 is 6.29 Å².